The minimum Gasteiger partial charge on any atom is -0.310 e. The molecule has 0 fully saturated rings. The topological polar surface area (TPSA) is 24.9 Å². The van der Waals surface area contributed by atoms with E-state index in [1.54, 1.807) is 0 Å². The van der Waals surface area contributed by atoms with Crippen LogP contribution in [0.25, 0.3) is 11.1 Å². The molecule has 0 aliphatic heterocycles. The summed E-state index contributed by atoms with van der Waals surface area (Å²) in [7, 11) is 0. The zero-order valence-corrected chi connectivity index (χ0v) is 12.3. The molecule has 0 spiro atoms. The molecule has 0 radical (unpaired) electrons. The highest BCUT2D eigenvalue weighted by Crippen LogP contribution is 2.27. The number of aromatic nitrogens is 1. The fourth-order valence-corrected chi connectivity index (χ4v) is 2.17. The van der Waals surface area contributed by atoms with E-state index in [1.807, 2.05) is 31.3 Å². The Bertz CT molecular complexity index is 564. The fraction of sp³-hybridized carbons (Fsp3) is 0.312. The van der Waals surface area contributed by atoms with Crippen LogP contribution in [0.5, 0.6) is 0 Å². The Hall–Kier alpha value is -1.38. The van der Waals surface area contributed by atoms with Crippen molar-refractivity contribution in [3.8, 4) is 11.1 Å². The van der Waals surface area contributed by atoms with Crippen molar-refractivity contribution in [3.63, 3.8) is 0 Å². The number of nitrogens with one attached hydrogen (secondary N) is 1. The number of hydrogen-bond donors (Lipinski definition) is 1. The van der Waals surface area contributed by atoms with Gasteiger partial charge in [0.25, 0.3) is 0 Å². The number of rotatable bonds is 4. The predicted molar refractivity (Wildman–Crippen MR) is 81.4 cm³/mol. The van der Waals surface area contributed by atoms with Crippen molar-refractivity contribution < 1.29 is 0 Å². The maximum Gasteiger partial charge on any atom is 0.0412 e. The molecule has 0 amide bonds. The highest BCUT2D eigenvalue weighted by Gasteiger charge is 2.07. The van der Waals surface area contributed by atoms with Crippen LogP contribution in [-0.4, -0.2) is 11.0 Å². The first kappa shape index (κ1) is 14.0. The predicted octanol–water partition coefficient (Wildman–Crippen LogP) is 4.21. The Balaban J connectivity index is 2.39. The van der Waals surface area contributed by atoms with Crippen LogP contribution in [0.2, 0.25) is 5.02 Å². The molecule has 100 valence electrons. The summed E-state index contributed by atoms with van der Waals surface area (Å²) in [5.74, 6) is 0. The Morgan fingerprint density at radius 3 is 2.68 bits per heavy atom. The quantitative estimate of drug-likeness (QED) is 0.903. The molecule has 19 heavy (non-hydrogen) atoms. The summed E-state index contributed by atoms with van der Waals surface area (Å²) in [6.45, 7) is 7.13. The fourth-order valence-electron chi connectivity index (χ4n) is 2.00. The van der Waals surface area contributed by atoms with Crippen LogP contribution in [0.15, 0.2) is 36.5 Å². The van der Waals surface area contributed by atoms with Gasteiger partial charge in [-0.05, 0) is 47.9 Å². The van der Waals surface area contributed by atoms with E-state index in [0.717, 1.165) is 22.8 Å². The van der Waals surface area contributed by atoms with Gasteiger partial charge in [-0.25, -0.2) is 0 Å². The number of nitrogens with zero attached hydrogens (tertiary/aromatic N) is 1. The van der Waals surface area contributed by atoms with Gasteiger partial charge >= 0.3 is 0 Å². The van der Waals surface area contributed by atoms with Gasteiger partial charge in [-0.3, -0.25) is 4.98 Å². The molecule has 0 aliphatic rings. The molecule has 1 heterocycles. The summed E-state index contributed by atoms with van der Waals surface area (Å²) >= 11 is 6.13. The number of benzene rings is 1. The first-order valence-corrected chi connectivity index (χ1v) is 6.89. The van der Waals surface area contributed by atoms with E-state index in [9.17, 15) is 0 Å². The molecule has 1 aromatic heterocycles. The van der Waals surface area contributed by atoms with Crippen molar-refractivity contribution in [2.24, 2.45) is 0 Å². The molecular weight excluding hydrogens is 256 g/mol. The van der Waals surface area contributed by atoms with Gasteiger partial charge in [0.05, 0.1) is 0 Å². The van der Waals surface area contributed by atoms with Crippen LogP contribution in [0.4, 0.5) is 0 Å². The largest absolute Gasteiger partial charge is 0.310 e. The molecule has 0 unspecified atom stereocenters. The summed E-state index contributed by atoms with van der Waals surface area (Å²) in [6, 6.07) is 10.6. The summed E-state index contributed by atoms with van der Waals surface area (Å²) in [5.41, 5.74) is 4.60. The third-order valence-electron chi connectivity index (χ3n) is 2.98. The van der Waals surface area contributed by atoms with Gasteiger partial charge in [-0.1, -0.05) is 31.5 Å². The molecule has 3 heteroatoms. The molecule has 0 bridgehead atoms. The van der Waals surface area contributed by atoms with Crippen LogP contribution < -0.4 is 5.32 Å². The number of pyridine rings is 1. The summed E-state index contributed by atoms with van der Waals surface area (Å²) in [5, 5.41) is 4.21. The first-order valence-electron chi connectivity index (χ1n) is 6.51. The lowest BCUT2D eigenvalue weighted by Gasteiger charge is -2.13. The molecule has 2 aromatic rings. The van der Waals surface area contributed by atoms with Crippen molar-refractivity contribution in [1.82, 2.24) is 10.3 Å². The number of hydrogen-bond acceptors (Lipinski definition) is 2. The van der Waals surface area contributed by atoms with E-state index < -0.39 is 0 Å². The smallest absolute Gasteiger partial charge is 0.0412 e. The van der Waals surface area contributed by atoms with E-state index >= 15 is 0 Å². The van der Waals surface area contributed by atoms with Crippen molar-refractivity contribution in [3.05, 3.63) is 52.8 Å². The maximum atomic E-state index is 6.13. The van der Waals surface area contributed by atoms with Crippen molar-refractivity contribution in [2.45, 2.75) is 33.4 Å². The molecule has 2 rings (SSSR count). The van der Waals surface area contributed by atoms with Crippen LogP contribution in [0.3, 0.4) is 0 Å². The molecule has 0 saturated heterocycles. The summed E-state index contributed by atoms with van der Waals surface area (Å²) < 4.78 is 0. The van der Waals surface area contributed by atoms with E-state index in [0.29, 0.717) is 6.04 Å². The highest BCUT2D eigenvalue weighted by molar-refractivity contribution is 6.30. The minimum atomic E-state index is 0.461. The second-order valence-corrected chi connectivity index (χ2v) is 5.46. The summed E-state index contributed by atoms with van der Waals surface area (Å²) in [6.07, 6.45) is 1.84. The molecule has 2 nitrogen and oxygen atoms in total. The van der Waals surface area contributed by atoms with Crippen molar-refractivity contribution in [1.29, 1.82) is 0 Å². The van der Waals surface area contributed by atoms with E-state index in [4.69, 9.17) is 11.6 Å². The third-order valence-corrected chi connectivity index (χ3v) is 3.22. The van der Waals surface area contributed by atoms with Crippen molar-refractivity contribution >= 4 is 11.6 Å². The van der Waals surface area contributed by atoms with E-state index in [2.05, 4.69) is 36.3 Å². The maximum absolute atomic E-state index is 6.13. The Kier molecular flexibility index (Phi) is 4.56. The minimum absolute atomic E-state index is 0.461. The zero-order chi connectivity index (χ0) is 13.8. The summed E-state index contributed by atoms with van der Waals surface area (Å²) in [4.78, 5) is 4.24. The normalized spacial score (nSPS) is 11.0. The van der Waals surface area contributed by atoms with Crippen molar-refractivity contribution in [2.75, 3.05) is 0 Å². The van der Waals surface area contributed by atoms with Gasteiger partial charge in [0.2, 0.25) is 0 Å². The van der Waals surface area contributed by atoms with E-state index in [1.165, 1.54) is 11.1 Å². The third kappa shape index (κ3) is 3.79. The monoisotopic (exact) mass is 274 g/mol. The molecular formula is C16H19ClN2. The van der Waals surface area contributed by atoms with Crippen LogP contribution in [0.1, 0.15) is 25.1 Å². The lowest BCUT2D eigenvalue weighted by molar-refractivity contribution is 0.589. The number of aryl methyl sites for hydroxylation is 1. The van der Waals surface area contributed by atoms with Crippen LogP contribution >= 0.6 is 11.6 Å². The van der Waals surface area contributed by atoms with Crippen LogP contribution in [0, 0.1) is 6.92 Å². The van der Waals surface area contributed by atoms with Gasteiger partial charge in [-0.2, -0.15) is 0 Å². The molecule has 1 N–H and O–H groups in total. The van der Waals surface area contributed by atoms with Gasteiger partial charge in [0, 0.05) is 29.5 Å². The molecule has 0 aliphatic carbocycles. The van der Waals surface area contributed by atoms with Gasteiger partial charge < -0.3 is 5.32 Å². The van der Waals surface area contributed by atoms with Gasteiger partial charge in [0.1, 0.15) is 0 Å². The highest BCUT2D eigenvalue weighted by atomic mass is 35.5. The number of halogens is 1. The average Bonchev–Trinajstić information content (AvgIpc) is 2.37. The molecule has 0 saturated carbocycles. The second kappa shape index (κ2) is 6.18. The second-order valence-electron chi connectivity index (χ2n) is 5.02. The van der Waals surface area contributed by atoms with Gasteiger partial charge in [0.15, 0.2) is 0 Å². The zero-order valence-electron chi connectivity index (χ0n) is 11.6. The SMILES string of the molecule is Cc1cc(-c2cc(Cl)ccc2CNC(C)C)ccn1. The Labute approximate surface area is 119 Å². The average molecular weight is 275 g/mol. The Morgan fingerprint density at radius 1 is 1.21 bits per heavy atom. The lowest BCUT2D eigenvalue weighted by Crippen LogP contribution is -2.22. The molecule has 0 atom stereocenters. The first-order chi connectivity index (χ1) is 9.06. The van der Waals surface area contributed by atoms with Crippen LogP contribution in [-0.2, 0) is 6.54 Å². The van der Waals surface area contributed by atoms with Gasteiger partial charge in [-0.15, -0.1) is 0 Å². The Morgan fingerprint density at radius 2 is 2.00 bits per heavy atom. The van der Waals surface area contributed by atoms with E-state index in [-0.39, 0.29) is 0 Å². The molecule has 1 aromatic carbocycles. The lowest BCUT2D eigenvalue weighted by atomic mass is 10.00. The standard InChI is InChI=1S/C16H19ClN2/c1-11(2)19-10-14-4-5-15(17)9-16(14)13-6-7-18-12(3)8-13/h4-9,11,19H,10H2,1-3H3.